The van der Waals surface area contributed by atoms with Crippen LogP contribution in [0.1, 0.15) is 23.7 Å². The Morgan fingerprint density at radius 1 is 1.03 bits per heavy atom. The van der Waals surface area contributed by atoms with E-state index < -0.39 is 0 Å². The molecule has 1 N–H and O–H groups in total. The van der Waals surface area contributed by atoms with Crippen LogP contribution >= 0.6 is 23.1 Å². The molecule has 1 atom stereocenters. The van der Waals surface area contributed by atoms with Crippen molar-refractivity contribution in [2.45, 2.75) is 23.0 Å². The van der Waals surface area contributed by atoms with E-state index in [0.29, 0.717) is 31.1 Å². The molecule has 2 aromatic carbocycles. The number of rotatable bonds is 6. The van der Waals surface area contributed by atoms with E-state index in [4.69, 9.17) is 0 Å². The van der Waals surface area contributed by atoms with Crippen molar-refractivity contribution < 1.29 is 9.59 Å². The Morgan fingerprint density at radius 3 is 2.33 bits per heavy atom. The normalized spacial score (nSPS) is 15.5. The Hall–Kier alpha value is -2.71. The molecule has 0 bridgehead atoms. The lowest BCUT2D eigenvalue weighted by Gasteiger charge is -2.33. The monoisotopic (exact) mass is 438 g/mol. The minimum absolute atomic E-state index is 0.0443. The number of nitrogens with zero attached hydrogens (tertiary/aromatic N) is 3. The van der Waals surface area contributed by atoms with Crippen molar-refractivity contribution in [2.24, 2.45) is 5.92 Å². The van der Waals surface area contributed by atoms with Gasteiger partial charge in [0.15, 0.2) is 0 Å². The van der Waals surface area contributed by atoms with Crippen LogP contribution < -0.4 is 5.32 Å². The van der Waals surface area contributed by atoms with Crippen molar-refractivity contribution in [3.8, 4) is 0 Å². The first-order chi connectivity index (χ1) is 14.7. The molecule has 154 valence electrons. The molecule has 1 saturated heterocycles. The van der Waals surface area contributed by atoms with Gasteiger partial charge in [-0.2, -0.15) is 0 Å². The van der Waals surface area contributed by atoms with Crippen LogP contribution in [-0.2, 0) is 9.59 Å². The number of hydrogen-bond donors (Lipinski definition) is 1. The van der Waals surface area contributed by atoms with Crippen LogP contribution in [0.5, 0.6) is 0 Å². The SMILES string of the molecule is O=C(Nc1nncs1)C1CCN(C(=O)C(Sc2ccccc2)c2ccccc2)CC1. The number of likely N-dealkylation sites (tertiary alicyclic amines) is 1. The fraction of sp³-hybridized carbons (Fsp3) is 0.273. The first-order valence-electron chi connectivity index (χ1n) is 9.83. The van der Waals surface area contributed by atoms with Gasteiger partial charge < -0.3 is 10.2 Å². The lowest BCUT2D eigenvalue weighted by Crippen LogP contribution is -2.43. The molecule has 0 aliphatic carbocycles. The largest absolute Gasteiger partial charge is 0.341 e. The smallest absolute Gasteiger partial charge is 0.240 e. The fourth-order valence-corrected chi connectivity index (χ4v) is 5.06. The number of hydrogen-bond acceptors (Lipinski definition) is 6. The highest BCUT2D eigenvalue weighted by atomic mass is 32.2. The topological polar surface area (TPSA) is 75.2 Å². The molecule has 4 rings (SSSR count). The van der Waals surface area contributed by atoms with Gasteiger partial charge in [-0.1, -0.05) is 59.9 Å². The van der Waals surface area contributed by atoms with Crippen LogP contribution in [0.2, 0.25) is 0 Å². The maximum absolute atomic E-state index is 13.4. The van der Waals surface area contributed by atoms with Crippen LogP contribution in [0.3, 0.4) is 0 Å². The highest BCUT2D eigenvalue weighted by Gasteiger charge is 2.32. The molecule has 1 aliphatic heterocycles. The summed E-state index contributed by atoms with van der Waals surface area (Å²) in [5.74, 6) is -0.0648. The van der Waals surface area contributed by atoms with Gasteiger partial charge in [0.2, 0.25) is 16.9 Å². The van der Waals surface area contributed by atoms with Crippen molar-refractivity contribution in [3.63, 3.8) is 0 Å². The van der Waals surface area contributed by atoms with Gasteiger partial charge in [-0.05, 0) is 30.5 Å². The molecule has 1 fully saturated rings. The summed E-state index contributed by atoms with van der Waals surface area (Å²) in [5, 5.41) is 10.6. The number of piperidine rings is 1. The molecule has 0 spiro atoms. The summed E-state index contributed by atoms with van der Waals surface area (Å²) < 4.78 is 0. The van der Waals surface area contributed by atoms with E-state index in [0.717, 1.165) is 10.5 Å². The van der Waals surface area contributed by atoms with E-state index >= 15 is 0 Å². The number of anilines is 1. The highest BCUT2D eigenvalue weighted by Crippen LogP contribution is 2.37. The van der Waals surface area contributed by atoms with Gasteiger partial charge in [0, 0.05) is 23.9 Å². The van der Waals surface area contributed by atoms with Crippen LogP contribution in [0.15, 0.2) is 71.1 Å². The molecular weight excluding hydrogens is 416 g/mol. The van der Waals surface area contributed by atoms with E-state index in [1.807, 2.05) is 65.6 Å². The van der Waals surface area contributed by atoms with Crippen molar-refractivity contribution in [1.29, 1.82) is 0 Å². The molecule has 3 aromatic rings. The second kappa shape index (κ2) is 9.86. The standard InChI is InChI=1S/C22H22N4O2S2/c27-20(24-22-25-23-15-29-22)17-11-13-26(14-12-17)21(28)19(16-7-3-1-4-8-16)30-18-9-5-2-6-10-18/h1-10,15,17,19H,11-14H2,(H,24,25,27). The van der Waals surface area contributed by atoms with Gasteiger partial charge in [0.1, 0.15) is 10.8 Å². The molecule has 0 saturated carbocycles. The Kier molecular flexibility index (Phi) is 6.76. The van der Waals surface area contributed by atoms with Crippen LogP contribution in [-0.4, -0.2) is 40.0 Å². The summed E-state index contributed by atoms with van der Waals surface area (Å²) in [7, 11) is 0. The van der Waals surface area contributed by atoms with Gasteiger partial charge >= 0.3 is 0 Å². The predicted octanol–water partition coefficient (Wildman–Crippen LogP) is 4.25. The van der Waals surface area contributed by atoms with Crippen molar-refractivity contribution >= 4 is 40.0 Å². The molecule has 1 aromatic heterocycles. The van der Waals surface area contributed by atoms with Crippen molar-refractivity contribution in [1.82, 2.24) is 15.1 Å². The van der Waals surface area contributed by atoms with E-state index in [1.54, 1.807) is 17.3 Å². The maximum atomic E-state index is 13.4. The number of carbonyl (C=O) groups is 2. The Balaban J connectivity index is 1.41. The maximum Gasteiger partial charge on any atom is 0.240 e. The lowest BCUT2D eigenvalue weighted by atomic mass is 9.95. The minimum atomic E-state index is -0.305. The van der Waals surface area contributed by atoms with E-state index in [1.165, 1.54) is 11.3 Å². The third-order valence-corrected chi connectivity index (χ3v) is 6.95. The summed E-state index contributed by atoms with van der Waals surface area (Å²) in [5.41, 5.74) is 2.58. The fourth-order valence-electron chi connectivity index (χ4n) is 3.49. The average Bonchev–Trinajstić information content (AvgIpc) is 3.31. The third-order valence-electron chi connectivity index (χ3n) is 5.09. The van der Waals surface area contributed by atoms with Gasteiger partial charge in [-0.25, -0.2) is 0 Å². The zero-order valence-corrected chi connectivity index (χ0v) is 17.9. The zero-order valence-electron chi connectivity index (χ0n) is 16.3. The quantitative estimate of drug-likeness (QED) is 0.583. The number of aromatic nitrogens is 2. The number of benzene rings is 2. The molecule has 2 amide bonds. The Labute approximate surface area is 183 Å². The first kappa shape index (κ1) is 20.6. The van der Waals surface area contributed by atoms with Crippen molar-refractivity contribution in [2.75, 3.05) is 18.4 Å². The number of thioether (sulfide) groups is 1. The van der Waals surface area contributed by atoms with Gasteiger partial charge in [0.05, 0.1) is 0 Å². The summed E-state index contributed by atoms with van der Waals surface area (Å²) >= 11 is 2.87. The molecule has 0 radical (unpaired) electrons. The molecule has 1 unspecified atom stereocenters. The molecule has 30 heavy (non-hydrogen) atoms. The number of carbonyl (C=O) groups excluding carboxylic acids is 2. The second-order valence-corrected chi connectivity index (χ2v) is 9.07. The highest BCUT2D eigenvalue weighted by molar-refractivity contribution is 8.00. The molecule has 2 heterocycles. The summed E-state index contributed by atoms with van der Waals surface area (Å²) in [6.45, 7) is 1.15. The number of nitrogens with one attached hydrogen (secondary N) is 1. The lowest BCUT2D eigenvalue weighted by molar-refractivity contribution is -0.134. The summed E-state index contributed by atoms with van der Waals surface area (Å²) in [4.78, 5) is 28.8. The summed E-state index contributed by atoms with van der Waals surface area (Å²) in [6.07, 6.45) is 1.29. The molecule has 6 nitrogen and oxygen atoms in total. The second-order valence-electron chi connectivity index (χ2n) is 7.05. The van der Waals surface area contributed by atoms with Crippen molar-refractivity contribution in [3.05, 3.63) is 71.7 Å². The number of amides is 2. The van der Waals surface area contributed by atoms with E-state index in [-0.39, 0.29) is 23.0 Å². The summed E-state index contributed by atoms with van der Waals surface area (Å²) in [6, 6.07) is 19.9. The molecule has 8 heteroatoms. The van der Waals surface area contributed by atoms with Gasteiger partial charge in [-0.3, -0.25) is 9.59 Å². The Morgan fingerprint density at radius 2 is 1.70 bits per heavy atom. The van der Waals surface area contributed by atoms with Gasteiger partial charge in [-0.15, -0.1) is 22.0 Å². The van der Waals surface area contributed by atoms with E-state index in [9.17, 15) is 9.59 Å². The predicted molar refractivity (Wildman–Crippen MR) is 119 cm³/mol. The molecular formula is C22H22N4O2S2. The van der Waals surface area contributed by atoms with Gasteiger partial charge in [0.25, 0.3) is 0 Å². The third kappa shape index (κ3) is 5.06. The Bertz CT molecular complexity index is 959. The van der Waals surface area contributed by atoms with E-state index in [2.05, 4.69) is 15.5 Å². The van der Waals surface area contributed by atoms with Crippen LogP contribution in [0, 0.1) is 5.92 Å². The minimum Gasteiger partial charge on any atom is -0.341 e. The average molecular weight is 439 g/mol. The van der Waals surface area contributed by atoms with Crippen LogP contribution in [0.25, 0.3) is 0 Å². The zero-order chi connectivity index (χ0) is 20.8. The molecule has 1 aliphatic rings. The van der Waals surface area contributed by atoms with Crippen LogP contribution in [0.4, 0.5) is 5.13 Å². The first-order valence-corrected chi connectivity index (χ1v) is 11.6.